The van der Waals surface area contributed by atoms with Crippen LogP contribution < -0.4 is 14.8 Å². The number of methoxy groups -OCH3 is 1. The van der Waals surface area contributed by atoms with Crippen LogP contribution >= 0.6 is 11.6 Å². The van der Waals surface area contributed by atoms with E-state index in [4.69, 9.17) is 21.1 Å². The van der Waals surface area contributed by atoms with Crippen molar-refractivity contribution in [2.45, 2.75) is 19.9 Å². The number of carbonyl (C=O) groups excluding carboxylic acids is 1. The fraction of sp³-hybridized carbons (Fsp3) is 0.190. The number of hydrogen-bond donors (Lipinski definition) is 1. The lowest BCUT2D eigenvalue weighted by Gasteiger charge is -2.14. The van der Waals surface area contributed by atoms with Crippen molar-refractivity contribution in [3.63, 3.8) is 0 Å². The first kappa shape index (κ1) is 18.1. The molecule has 1 atom stereocenters. The maximum atomic E-state index is 11.2. The van der Waals surface area contributed by atoms with Crippen LogP contribution in [0.15, 0.2) is 54.6 Å². The molecule has 0 heterocycles. The van der Waals surface area contributed by atoms with Crippen molar-refractivity contribution < 1.29 is 14.3 Å². The molecule has 1 unspecified atom stereocenters. The number of amides is 1. The average molecular weight is 370 g/mol. The van der Waals surface area contributed by atoms with Gasteiger partial charge in [0.1, 0.15) is 17.2 Å². The fourth-order valence-electron chi connectivity index (χ4n) is 2.81. The quantitative estimate of drug-likeness (QED) is 0.646. The molecule has 0 saturated carbocycles. The third-order valence-corrected chi connectivity index (χ3v) is 4.41. The minimum absolute atomic E-state index is 0.0331. The first-order valence-electron chi connectivity index (χ1n) is 8.28. The highest BCUT2D eigenvalue weighted by atomic mass is 35.5. The second kappa shape index (κ2) is 7.67. The minimum Gasteiger partial charge on any atom is -0.495 e. The number of nitrogens with one attached hydrogen (secondary N) is 1. The summed E-state index contributed by atoms with van der Waals surface area (Å²) in [4.78, 5) is 11.2. The zero-order valence-electron chi connectivity index (χ0n) is 14.9. The van der Waals surface area contributed by atoms with E-state index in [2.05, 4.69) is 11.4 Å². The maximum Gasteiger partial charge on any atom is 0.217 e. The predicted molar refractivity (Wildman–Crippen MR) is 104 cm³/mol. The van der Waals surface area contributed by atoms with Crippen LogP contribution in [0.2, 0.25) is 5.02 Å². The van der Waals surface area contributed by atoms with Crippen molar-refractivity contribution >= 4 is 28.3 Å². The molecule has 134 valence electrons. The molecular weight excluding hydrogens is 350 g/mol. The molecule has 1 N–H and O–H groups in total. The van der Waals surface area contributed by atoms with Gasteiger partial charge in [0.15, 0.2) is 0 Å². The summed E-state index contributed by atoms with van der Waals surface area (Å²) < 4.78 is 11.0. The van der Waals surface area contributed by atoms with Gasteiger partial charge < -0.3 is 14.8 Å². The van der Waals surface area contributed by atoms with Gasteiger partial charge in [-0.1, -0.05) is 29.8 Å². The molecule has 4 nitrogen and oxygen atoms in total. The van der Waals surface area contributed by atoms with Gasteiger partial charge in [-0.05, 0) is 53.6 Å². The topological polar surface area (TPSA) is 47.6 Å². The zero-order chi connectivity index (χ0) is 18.7. The highest BCUT2D eigenvalue weighted by Gasteiger charge is 2.08. The number of carbonyl (C=O) groups is 1. The molecule has 0 aromatic heterocycles. The molecule has 26 heavy (non-hydrogen) atoms. The van der Waals surface area contributed by atoms with E-state index in [9.17, 15) is 4.79 Å². The first-order chi connectivity index (χ1) is 12.5. The molecule has 3 rings (SSSR count). The molecule has 0 radical (unpaired) electrons. The molecule has 5 heteroatoms. The molecule has 0 saturated heterocycles. The van der Waals surface area contributed by atoms with E-state index in [0.29, 0.717) is 16.5 Å². The van der Waals surface area contributed by atoms with E-state index in [0.717, 1.165) is 22.1 Å². The lowest BCUT2D eigenvalue weighted by atomic mass is 10.0. The Bertz CT molecular complexity index is 955. The summed E-state index contributed by atoms with van der Waals surface area (Å²) in [6, 6.07) is 17.3. The lowest BCUT2D eigenvalue weighted by Crippen LogP contribution is -2.23. The van der Waals surface area contributed by atoms with Crippen LogP contribution in [0.1, 0.15) is 25.5 Å². The van der Waals surface area contributed by atoms with Crippen LogP contribution in [0.4, 0.5) is 0 Å². The second-order valence-electron chi connectivity index (χ2n) is 6.09. The Balaban J connectivity index is 1.83. The van der Waals surface area contributed by atoms with Crippen LogP contribution in [0.3, 0.4) is 0 Å². The van der Waals surface area contributed by atoms with Crippen molar-refractivity contribution in [1.29, 1.82) is 0 Å². The summed E-state index contributed by atoms with van der Waals surface area (Å²) >= 11 is 6.14. The zero-order valence-corrected chi connectivity index (χ0v) is 15.6. The molecule has 0 spiro atoms. The van der Waals surface area contributed by atoms with Gasteiger partial charge in [0.2, 0.25) is 5.91 Å². The van der Waals surface area contributed by atoms with Crippen molar-refractivity contribution in [2.75, 3.05) is 7.11 Å². The van der Waals surface area contributed by atoms with Gasteiger partial charge in [0.25, 0.3) is 0 Å². The Morgan fingerprint density at radius 2 is 1.65 bits per heavy atom. The first-order valence-corrected chi connectivity index (χ1v) is 8.66. The van der Waals surface area contributed by atoms with Crippen molar-refractivity contribution in [3.8, 4) is 17.2 Å². The van der Waals surface area contributed by atoms with Gasteiger partial charge in [-0.15, -0.1) is 0 Å². The summed E-state index contributed by atoms with van der Waals surface area (Å²) in [5.74, 6) is 1.94. The van der Waals surface area contributed by atoms with Gasteiger partial charge in [0, 0.05) is 13.0 Å². The molecule has 3 aromatic rings. The molecule has 0 aliphatic heterocycles. The molecule has 0 aliphatic rings. The lowest BCUT2D eigenvalue weighted by molar-refractivity contribution is -0.119. The fourth-order valence-corrected chi connectivity index (χ4v) is 3.06. The molecule has 0 aliphatic carbocycles. The third-order valence-electron chi connectivity index (χ3n) is 4.11. The molecule has 0 bridgehead atoms. The minimum atomic E-state index is -0.0421. The molecule has 3 aromatic carbocycles. The summed E-state index contributed by atoms with van der Waals surface area (Å²) in [6.45, 7) is 3.49. The van der Waals surface area contributed by atoms with Gasteiger partial charge in [0.05, 0.1) is 18.2 Å². The Morgan fingerprint density at radius 1 is 1.00 bits per heavy atom. The van der Waals surface area contributed by atoms with Crippen LogP contribution in [0.5, 0.6) is 17.2 Å². The van der Waals surface area contributed by atoms with Gasteiger partial charge in [-0.25, -0.2) is 0 Å². The second-order valence-corrected chi connectivity index (χ2v) is 6.50. The number of halogens is 1. The SMILES string of the molecule is COc1ccc(Oc2ccc3cc(C(C)NC(C)=O)ccc3c2)cc1Cl. The summed E-state index contributed by atoms with van der Waals surface area (Å²) in [5.41, 5.74) is 1.06. The highest BCUT2D eigenvalue weighted by molar-refractivity contribution is 6.32. The van der Waals surface area contributed by atoms with Crippen molar-refractivity contribution in [1.82, 2.24) is 5.32 Å². The average Bonchev–Trinajstić information content (AvgIpc) is 2.61. The molecule has 0 fully saturated rings. The van der Waals surface area contributed by atoms with Crippen LogP contribution in [0.25, 0.3) is 10.8 Å². The van der Waals surface area contributed by atoms with Crippen LogP contribution in [-0.2, 0) is 4.79 Å². The van der Waals surface area contributed by atoms with E-state index in [1.165, 1.54) is 6.92 Å². The Morgan fingerprint density at radius 3 is 2.35 bits per heavy atom. The van der Waals surface area contributed by atoms with Gasteiger partial charge in [-0.3, -0.25) is 4.79 Å². The van der Waals surface area contributed by atoms with Crippen molar-refractivity contribution in [3.05, 3.63) is 65.2 Å². The van der Waals surface area contributed by atoms with Gasteiger partial charge >= 0.3 is 0 Å². The number of hydrogen-bond acceptors (Lipinski definition) is 3. The van der Waals surface area contributed by atoms with E-state index in [1.807, 2.05) is 43.3 Å². The Kier molecular flexibility index (Phi) is 5.33. The van der Waals surface area contributed by atoms with Crippen LogP contribution in [0, 0.1) is 0 Å². The summed E-state index contributed by atoms with van der Waals surface area (Å²) in [7, 11) is 1.58. The van der Waals surface area contributed by atoms with E-state index >= 15 is 0 Å². The van der Waals surface area contributed by atoms with E-state index in [-0.39, 0.29) is 11.9 Å². The van der Waals surface area contributed by atoms with E-state index < -0.39 is 0 Å². The normalized spacial score (nSPS) is 11.8. The number of ether oxygens (including phenoxy) is 2. The predicted octanol–water partition coefficient (Wildman–Crippen LogP) is 5.49. The largest absolute Gasteiger partial charge is 0.495 e. The number of benzene rings is 3. The molecular formula is C21H20ClNO3. The number of rotatable bonds is 5. The van der Waals surface area contributed by atoms with E-state index in [1.54, 1.807) is 19.2 Å². The molecule has 1 amide bonds. The summed E-state index contributed by atoms with van der Waals surface area (Å²) in [5, 5.41) is 5.54. The third kappa shape index (κ3) is 4.09. The standard InChI is InChI=1S/C21H20ClNO3/c1-13(23-14(2)24)15-4-5-17-11-18(7-6-16(17)10-15)26-19-8-9-21(25-3)20(22)12-19/h4-13H,1-3H3,(H,23,24). The maximum absolute atomic E-state index is 11.2. The highest BCUT2D eigenvalue weighted by Crippen LogP contribution is 2.32. The smallest absolute Gasteiger partial charge is 0.217 e. The van der Waals surface area contributed by atoms with Crippen molar-refractivity contribution in [2.24, 2.45) is 0 Å². The summed E-state index contributed by atoms with van der Waals surface area (Å²) in [6.07, 6.45) is 0. The monoisotopic (exact) mass is 369 g/mol. The Labute approximate surface area is 157 Å². The Hall–Kier alpha value is -2.72. The van der Waals surface area contributed by atoms with Crippen LogP contribution in [-0.4, -0.2) is 13.0 Å². The van der Waals surface area contributed by atoms with Gasteiger partial charge in [-0.2, -0.15) is 0 Å². The number of fused-ring (bicyclic) bond motifs is 1.